The van der Waals surface area contributed by atoms with Crippen LogP contribution in [-0.4, -0.2) is 58.5 Å². The summed E-state index contributed by atoms with van der Waals surface area (Å²) in [5.74, 6) is 0.841. The first-order chi connectivity index (χ1) is 20.1. The molecule has 0 unspecified atom stereocenters. The number of piperidine rings is 1. The van der Waals surface area contributed by atoms with Crippen molar-refractivity contribution in [1.29, 1.82) is 0 Å². The summed E-state index contributed by atoms with van der Waals surface area (Å²) in [5.41, 5.74) is 4.13. The molecule has 1 fully saturated rings. The number of nitrogens with one attached hydrogen (secondary N) is 2. The van der Waals surface area contributed by atoms with Crippen LogP contribution >= 0.6 is 0 Å². The monoisotopic (exact) mass is 549 g/mol. The Morgan fingerprint density at radius 3 is 2.61 bits per heavy atom. The maximum atomic E-state index is 13.6. The second kappa shape index (κ2) is 12.2. The Morgan fingerprint density at radius 1 is 0.878 bits per heavy atom. The van der Waals surface area contributed by atoms with E-state index in [1.54, 1.807) is 24.7 Å². The highest BCUT2D eigenvalue weighted by Gasteiger charge is 2.32. The van der Waals surface area contributed by atoms with E-state index >= 15 is 0 Å². The lowest BCUT2D eigenvalue weighted by atomic mass is 10.00. The van der Waals surface area contributed by atoms with Crippen molar-refractivity contribution >= 4 is 11.8 Å². The van der Waals surface area contributed by atoms with Crippen LogP contribution in [0.3, 0.4) is 0 Å². The molecule has 2 aromatic carbocycles. The third kappa shape index (κ3) is 6.70. The van der Waals surface area contributed by atoms with Gasteiger partial charge in [-0.15, -0.1) is 0 Å². The van der Waals surface area contributed by atoms with Crippen LogP contribution in [0.2, 0.25) is 0 Å². The first-order valence-electron chi connectivity index (χ1n) is 13.7. The van der Waals surface area contributed by atoms with Gasteiger partial charge in [-0.2, -0.15) is 0 Å². The summed E-state index contributed by atoms with van der Waals surface area (Å²) in [5, 5.41) is 6.13. The van der Waals surface area contributed by atoms with Gasteiger partial charge in [0.2, 0.25) is 0 Å². The molecule has 5 heterocycles. The Bertz CT molecular complexity index is 1510. The minimum Gasteiger partial charge on any atom is -0.488 e. The Kier molecular flexibility index (Phi) is 7.86. The Labute approximate surface area is 238 Å². The van der Waals surface area contributed by atoms with Gasteiger partial charge in [0.25, 0.3) is 11.8 Å². The predicted octanol–water partition coefficient (Wildman–Crippen LogP) is 3.60. The van der Waals surface area contributed by atoms with Gasteiger partial charge < -0.3 is 20.1 Å². The molecule has 41 heavy (non-hydrogen) atoms. The Hall–Kier alpha value is -4.76. The predicted molar refractivity (Wildman–Crippen MR) is 153 cm³/mol. The number of amides is 2. The van der Waals surface area contributed by atoms with Gasteiger partial charge in [-0.3, -0.25) is 24.5 Å². The molecule has 2 N–H and O–H groups in total. The minimum absolute atomic E-state index is 0.105. The summed E-state index contributed by atoms with van der Waals surface area (Å²) in [6, 6.07) is 20.6. The molecule has 208 valence electrons. The van der Waals surface area contributed by atoms with Crippen LogP contribution in [0.4, 0.5) is 0 Å². The topological polar surface area (TPSA) is 106 Å². The van der Waals surface area contributed by atoms with E-state index in [2.05, 4.69) is 31.6 Å². The number of hydrogen-bond acceptors (Lipinski definition) is 7. The van der Waals surface area contributed by atoms with Crippen molar-refractivity contribution in [3.8, 4) is 22.6 Å². The van der Waals surface area contributed by atoms with E-state index in [4.69, 9.17) is 9.47 Å². The fourth-order valence-electron chi connectivity index (χ4n) is 5.17. The van der Waals surface area contributed by atoms with Crippen LogP contribution in [0, 0.1) is 0 Å². The second-order valence-electron chi connectivity index (χ2n) is 10.3. The summed E-state index contributed by atoms with van der Waals surface area (Å²) in [7, 11) is 0. The molecule has 3 aliphatic heterocycles. The number of carbonyl (C=O) groups is 2. The highest BCUT2D eigenvalue weighted by atomic mass is 16.5. The van der Waals surface area contributed by atoms with Crippen LogP contribution in [0.1, 0.15) is 27.9 Å². The number of carbonyl (C=O) groups excluding carboxylic acids is 2. The molecule has 7 rings (SSSR count). The van der Waals surface area contributed by atoms with Gasteiger partial charge in [0.05, 0.1) is 11.6 Å². The molecular weight excluding hydrogens is 518 g/mol. The van der Waals surface area contributed by atoms with Crippen LogP contribution < -0.4 is 20.1 Å². The summed E-state index contributed by atoms with van der Waals surface area (Å²) >= 11 is 0. The normalized spacial score (nSPS) is 19.6. The molecule has 2 amide bonds. The molecule has 9 nitrogen and oxygen atoms in total. The van der Waals surface area contributed by atoms with Crippen molar-refractivity contribution in [2.45, 2.75) is 31.7 Å². The zero-order chi connectivity index (χ0) is 28.0. The zero-order valence-corrected chi connectivity index (χ0v) is 22.5. The van der Waals surface area contributed by atoms with Crippen molar-refractivity contribution < 1.29 is 19.1 Å². The van der Waals surface area contributed by atoms with Gasteiger partial charge in [-0.1, -0.05) is 30.3 Å². The van der Waals surface area contributed by atoms with Gasteiger partial charge in [0.1, 0.15) is 17.6 Å². The fraction of sp³-hybridized carbons (Fsp3) is 0.250. The number of hydrogen-bond donors (Lipinski definition) is 2. The number of benzene rings is 2. The van der Waals surface area contributed by atoms with Crippen LogP contribution in [0.15, 0.2) is 91.5 Å². The van der Waals surface area contributed by atoms with Gasteiger partial charge >= 0.3 is 0 Å². The third-order valence-corrected chi connectivity index (χ3v) is 7.32. The number of rotatable bonds is 2. The molecule has 1 saturated heterocycles. The molecule has 2 aromatic heterocycles. The summed E-state index contributed by atoms with van der Waals surface area (Å²) < 4.78 is 12.2. The highest BCUT2D eigenvalue weighted by molar-refractivity contribution is 5.95. The molecule has 0 saturated carbocycles. The average Bonchev–Trinajstić information content (AvgIpc) is 3.01. The SMILES string of the molecule is O=C1COc2cccc(c2)-c2cncc(c2)C(=O)N[C@@H]2CN(Cc3cccnc3)CC[C@@H]2Oc2ccc(cc2)CN1. The molecule has 0 aliphatic carbocycles. The summed E-state index contributed by atoms with van der Waals surface area (Å²) in [6.45, 7) is 2.47. The van der Waals surface area contributed by atoms with E-state index in [1.165, 1.54) is 0 Å². The number of ether oxygens (including phenoxy) is 2. The highest BCUT2D eigenvalue weighted by Crippen LogP contribution is 2.25. The molecule has 0 radical (unpaired) electrons. The number of fused-ring (bicyclic) bond motifs is 7. The summed E-state index contributed by atoms with van der Waals surface area (Å²) in [6.07, 6.45) is 7.44. The molecular formula is C32H31N5O4. The van der Waals surface area contributed by atoms with Gasteiger partial charge in [0, 0.05) is 56.5 Å². The van der Waals surface area contributed by atoms with Crippen molar-refractivity contribution in [2.24, 2.45) is 0 Å². The standard InChI is InChI=1S/C32H31N5O4/c38-31-21-40-28-5-1-4-24(14-28)25-13-26(18-34-17-25)32(39)36-29-20-37(19-23-3-2-11-33-15-23)12-10-30(29)41-27-8-6-22(7-9-27)16-35-31/h1-9,11,13-15,17-18,29-30H,10,12,16,19-21H2,(H,35,38)(H,36,39)/t29-,30+/m1/s1. The lowest BCUT2D eigenvalue weighted by molar-refractivity contribution is -0.123. The van der Waals surface area contributed by atoms with Gasteiger partial charge in [0.15, 0.2) is 6.61 Å². The number of aromatic nitrogens is 2. The maximum absolute atomic E-state index is 13.6. The van der Waals surface area contributed by atoms with E-state index in [0.717, 1.165) is 41.8 Å². The first kappa shape index (κ1) is 26.5. The van der Waals surface area contributed by atoms with E-state index in [0.29, 0.717) is 30.2 Å². The second-order valence-corrected chi connectivity index (χ2v) is 10.3. The molecule has 3 aliphatic rings. The number of pyridine rings is 2. The average molecular weight is 550 g/mol. The van der Waals surface area contributed by atoms with Gasteiger partial charge in [-0.05, 0) is 59.5 Å². The van der Waals surface area contributed by atoms with Crippen LogP contribution in [0.25, 0.3) is 11.1 Å². The molecule has 6 bridgehead atoms. The van der Waals surface area contributed by atoms with E-state index in [1.807, 2.05) is 60.8 Å². The Morgan fingerprint density at radius 2 is 1.76 bits per heavy atom. The van der Waals surface area contributed by atoms with Gasteiger partial charge in [-0.25, -0.2) is 0 Å². The molecule has 0 spiro atoms. The fourth-order valence-corrected chi connectivity index (χ4v) is 5.17. The van der Waals surface area contributed by atoms with Crippen LogP contribution in [0.5, 0.6) is 11.5 Å². The number of likely N-dealkylation sites (tertiary alicyclic amines) is 1. The first-order valence-corrected chi connectivity index (χ1v) is 13.7. The van der Waals surface area contributed by atoms with E-state index in [9.17, 15) is 9.59 Å². The molecule has 4 aromatic rings. The molecule has 9 heteroatoms. The lowest BCUT2D eigenvalue weighted by Crippen LogP contribution is -2.56. The van der Waals surface area contributed by atoms with Crippen molar-refractivity contribution in [3.63, 3.8) is 0 Å². The largest absolute Gasteiger partial charge is 0.488 e. The minimum atomic E-state index is -0.252. The van der Waals surface area contributed by atoms with Crippen molar-refractivity contribution in [2.75, 3.05) is 19.7 Å². The quantitative estimate of drug-likeness (QED) is 0.394. The number of nitrogens with zero attached hydrogens (tertiary/aromatic N) is 3. The lowest BCUT2D eigenvalue weighted by Gasteiger charge is -2.39. The zero-order valence-electron chi connectivity index (χ0n) is 22.5. The third-order valence-electron chi connectivity index (χ3n) is 7.32. The maximum Gasteiger partial charge on any atom is 0.258 e. The summed E-state index contributed by atoms with van der Waals surface area (Å²) in [4.78, 5) is 36.9. The van der Waals surface area contributed by atoms with Crippen molar-refractivity contribution in [1.82, 2.24) is 25.5 Å². The van der Waals surface area contributed by atoms with E-state index in [-0.39, 0.29) is 30.6 Å². The molecule has 2 atom stereocenters. The Balaban J connectivity index is 1.29. The smallest absolute Gasteiger partial charge is 0.258 e. The van der Waals surface area contributed by atoms with Crippen LogP contribution in [-0.2, 0) is 17.9 Å². The van der Waals surface area contributed by atoms with Crippen molar-refractivity contribution in [3.05, 3.63) is 108 Å². The van der Waals surface area contributed by atoms with E-state index < -0.39 is 0 Å².